The Morgan fingerprint density at radius 2 is 1.68 bits per heavy atom. The highest BCUT2D eigenvalue weighted by Gasteiger charge is 2.32. The number of benzene rings is 1. The predicted octanol–water partition coefficient (Wildman–Crippen LogP) is 3.76. The van der Waals surface area contributed by atoms with Crippen molar-refractivity contribution in [2.45, 2.75) is 44.9 Å². The number of hydrogen-bond donors (Lipinski definition) is 1. The first-order chi connectivity index (χ1) is 18.1. The van der Waals surface area contributed by atoms with Crippen molar-refractivity contribution < 1.29 is 32.3 Å². The molecular formula is C26H33N3O7S2. The number of esters is 1. The highest BCUT2D eigenvalue weighted by Crippen LogP contribution is 2.40. The summed E-state index contributed by atoms with van der Waals surface area (Å²) in [5.74, 6) is -0.379. The van der Waals surface area contributed by atoms with Crippen molar-refractivity contribution in [2.75, 3.05) is 44.7 Å². The first-order valence-corrected chi connectivity index (χ1v) is 15.1. The van der Waals surface area contributed by atoms with Crippen molar-refractivity contribution in [1.29, 1.82) is 0 Å². The maximum absolute atomic E-state index is 13.1. The van der Waals surface area contributed by atoms with Crippen LogP contribution in [-0.2, 0) is 32.3 Å². The molecule has 1 aromatic carbocycles. The summed E-state index contributed by atoms with van der Waals surface area (Å²) in [6.07, 6.45) is 2.13. The Morgan fingerprint density at radius 1 is 1.03 bits per heavy atom. The van der Waals surface area contributed by atoms with Gasteiger partial charge in [-0.2, -0.15) is 4.31 Å². The summed E-state index contributed by atoms with van der Waals surface area (Å²) in [5, 5.41) is 3.32. The molecule has 1 aliphatic heterocycles. The standard InChI is InChI=1S/C26H33N3O7S2/c1-4-35-25(31)22-20-11-6-17(3)16-21(20)37-24(22)27-23(30)18-7-9-19(10-8-18)38(33,34)29-14-12-28(13-15-29)26(32)36-5-2/h7-10,17H,4-6,11-16H2,1-3H3,(H,27,30). The van der Waals surface area contributed by atoms with Crippen LogP contribution >= 0.6 is 11.3 Å². The molecule has 2 heterocycles. The lowest BCUT2D eigenvalue weighted by Crippen LogP contribution is -2.50. The van der Waals surface area contributed by atoms with E-state index in [9.17, 15) is 22.8 Å². The van der Waals surface area contributed by atoms with Crippen LogP contribution in [0.4, 0.5) is 9.80 Å². The highest BCUT2D eigenvalue weighted by molar-refractivity contribution is 7.89. The van der Waals surface area contributed by atoms with Crippen molar-refractivity contribution in [1.82, 2.24) is 9.21 Å². The molecule has 12 heteroatoms. The molecule has 2 aliphatic rings. The van der Waals surface area contributed by atoms with Crippen molar-refractivity contribution in [2.24, 2.45) is 5.92 Å². The molecule has 0 bridgehead atoms. The van der Waals surface area contributed by atoms with Crippen molar-refractivity contribution >= 4 is 44.3 Å². The topological polar surface area (TPSA) is 122 Å². The van der Waals surface area contributed by atoms with Gasteiger partial charge >= 0.3 is 12.1 Å². The van der Waals surface area contributed by atoms with E-state index in [1.165, 1.54) is 44.8 Å². The second-order valence-electron chi connectivity index (χ2n) is 9.34. The van der Waals surface area contributed by atoms with Gasteiger partial charge in [0.15, 0.2) is 0 Å². The Labute approximate surface area is 226 Å². The molecule has 2 amide bonds. The van der Waals surface area contributed by atoms with E-state index in [0.717, 1.165) is 29.7 Å². The lowest BCUT2D eigenvalue weighted by Gasteiger charge is -2.33. The third kappa shape index (κ3) is 5.87. The molecule has 1 unspecified atom stereocenters. The zero-order valence-corrected chi connectivity index (χ0v) is 23.5. The number of nitrogens with zero attached hydrogens (tertiary/aromatic N) is 2. The molecule has 10 nitrogen and oxygen atoms in total. The molecule has 0 saturated carbocycles. The Bertz CT molecular complexity index is 1300. The Kier molecular flexibility index (Phi) is 8.74. The van der Waals surface area contributed by atoms with Crippen molar-refractivity contribution in [3.8, 4) is 0 Å². The minimum absolute atomic E-state index is 0.0615. The number of anilines is 1. The molecule has 206 valence electrons. The van der Waals surface area contributed by atoms with Crippen LogP contribution in [0.3, 0.4) is 0 Å². The van der Waals surface area contributed by atoms with E-state index in [4.69, 9.17) is 9.47 Å². The van der Waals surface area contributed by atoms with Crippen LogP contribution in [0.2, 0.25) is 0 Å². The summed E-state index contributed by atoms with van der Waals surface area (Å²) in [6, 6.07) is 5.71. The SMILES string of the molecule is CCOC(=O)c1c(NC(=O)c2ccc(S(=O)(=O)N3CCN(C(=O)OCC)CC3)cc2)sc2c1CCC(C)C2. The molecule has 1 aromatic heterocycles. The average Bonchev–Trinajstić information content (AvgIpc) is 3.25. The average molecular weight is 564 g/mol. The molecule has 38 heavy (non-hydrogen) atoms. The second-order valence-corrected chi connectivity index (χ2v) is 12.4. The summed E-state index contributed by atoms with van der Waals surface area (Å²) >= 11 is 1.40. The third-order valence-corrected chi connectivity index (χ3v) is 9.82. The number of nitrogens with one attached hydrogen (secondary N) is 1. The van der Waals surface area contributed by atoms with Gasteiger partial charge in [0, 0.05) is 36.6 Å². The van der Waals surface area contributed by atoms with Crippen molar-refractivity contribution in [3.63, 3.8) is 0 Å². The van der Waals surface area contributed by atoms with Gasteiger partial charge in [-0.25, -0.2) is 18.0 Å². The van der Waals surface area contributed by atoms with Crippen LogP contribution in [-0.4, -0.2) is 75.0 Å². The molecule has 1 atom stereocenters. The third-order valence-electron chi connectivity index (χ3n) is 6.74. The lowest BCUT2D eigenvalue weighted by molar-refractivity contribution is 0.0526. The highest BCUT2D eigenvalue weighted by atomic mass is 32.2. The van der Waals surface area contributed by atoms with Crippen molar-refractivity contribution in [3.05, 3.63) is 45.8 Å². The van der Waals surface area contributed by atoms with E-state index < -0.39 is 28.0 Å². The van der Waals surface area contributed by atoms with Crippen LogP contribution in [0.1, 0.15) is 58.3 Å². The molecule has 2 aromatic rings. The quantitative estimate of drug-likeness (QED) is 0.509. The number of ether oxygens (including phenoxy) is 2. The zero-order valence-electron chi connectivity index (χ0n) is 21.8. The maximum Gasteiger partial charge on any atom is 0.409 e. The largest absolute Gasteiger partial charge is 0.462 e. The Balaban J connectivity index is 1.47. The van der Waals surface area contributed by atoms with E-state index in [2.05, 4.69) is 12.2 Å². The number of sulfonamides is 1. The van der Waals surface area contributed by atoms with Gasteiger partial charge in [-0.15, -0.1) is 11.3 Å². The second kappa shape index (κ2) is 11.8. The van der Waals surface area contributed by atoms with Crippen LogP contribution in [0.25, 0.3) is 0 Å². The van der Waals surface area contributed by atoms with Gasteiger partial charge in [-0.05, 0) is 68.9 Å². The summed E-state index contributed by atoms with van der Waals surface area (Å²) in [7, 11) is -3.79. The van der Waals surface area contributed by atoms with E-state index in [0.29, 0.717) is 16.5 Å². The molecule has 0 spiro atoms. The summed E-state index contributed by atoms with van der Waals surface area (Å²) < 4.78 is 37.8. The molecule has 1 N–H and O–H groups in total. The first-order valence-electron chi connectivity index (χ1n) is 12.8. The number of piperazine rings is 1. The number of amides is 2. The minimum Gasteiger partial charge on any atom is -0.462 e. The molecule has 0 radical (unpaired) electrons. The monoisotopic (exact) mass is 563 g/mol. The number of thiophene rings is 1. The molecule has 4 rings (SSSR count). The fraction of sp³-hybridized carbons (Fsp3) is 0.500. The lowest BCUT2D eigenvalue weighted by atomic mass is 9.88. The molecule has 1 fully saturated rings. The number of carbonyl (C=O) groups is 3. The van der Waals surface area contributed by atoms with Crippen LogP contribution in [0, 0.1) is 5.92 Å². The fourth-order valence-corrected chi connectivity index (χ4v) is 7.50. The van der Waals surface area contributed by atoms with Gasteiger partial charge in [-0.1, -0.05) is 6.92 Å². The number of hydrogen-bond acceptors (Lipinski definition) is 8. The molecule has 1 saturated heterocycles. The van der Waals surface area contributed by atoms with Crippen LogP contribution in [0.5, 0.6) is 0 Å². The summed E-state index contributed by atoms with van der Waals surface area (Å²) in [4.78, 5) is 40.3. The van der Waals surface area contributed by atoms with E-state index >= 15 is 0 Å². The van der Waals surface area contributed by atoms with Gasteiger partial charge in [0.1, 0.15) is 5.00 Å². The van der Waals surface area contributed by atoms with E-state index in [-0.39, 0.29) is 49.9 Å². The zero-order chi connectivity index (χ0) is 27.4. The van der Waals surface area contributed by atoms with Gasteiger partial charge in [0.05, 0.1) is 23.7 Å². The number of carbonyl (C=O) groups excluding carboxylic acids is 3. The number of fused-ring (bicyclic) bond motifs is 1. The fourth-order valence-electron chi connectivity index (χ4n) is 4.69. The number of rotatable bonds is 7. The minimum atomic E-state index is -3.79. The van der Waals surface area contributed by atoms with E-state index in [1.807, 2.05) is 0 Å². The summed E-state index contributed by atoms with van der Waals surface area (Å²) in [5.41, 5.74) is 1.64. The molecular weight excluding hydrogens is 530 g/mol. The van der Waals surface area contributed by atoms with Crippen LogP contribution in [0.15, 0.2) is 29.2 Å². The Morgan fingerprint density at radius 3 is 2.32 bits per heavy atom. The predicted molar refractivity (Wildman–Crippen MR) is 143 cm³/mol. The summed E-state index contributed by atoms with van der Waals surface area (Å²) in [6.45, 7) is 6.92. The van der Waals surface area contributed by atoms with Crippen LogP contribution < -0.4 is 5.32 Å². The maximum atomic E-state index is 13.1. The van der Waals surface area contributed by atoms with Gasteiger partial charge < -0.3 is 19.7 Å². The van der Waals surface area contributed by atoms with Gasteiger partial charge in [0.2, 0.25) is 10.0 Å². The molecule has 1 aliphatic carbocycles. The Hall–Kier alpha value is -2.96. The normalized spacial score (nSPS) is 18.0. The smallest absolute Gasteiger partial charge is 0.409 e. The van der Waals surface area contributed by atoms with Gasteiger partial charge in [0.25, 0.3) is 5.91 Å². The van der Waals surface area contributed by atoms with E-state index in [1.54, 1.807) is 13.8 Å². The first kappa shape index (κ1) is 28.1. The van der Waals surface area contributed by atoms with Gasteiger partial charge in [-0.3, -0.25) is 4.79 Å².